The monoisotopic (exact) mass is 462 g/mol. The fourth-order valence-corrected chi connectivity index (χ4v) is 5.50. The average molecular weight is 463 g/mol. The van der Waals surface area contributed by atoms with Gasteiger partial charge in [0.15, 0.2) is 5.11 Å². The Morgan fingerprint density at radius 1 is 1.18 bits per heavy atom. The number of aryl methyl sites for hydroxylation is 1. The predicted molar refractivity (Wildman–Crippen MR) is 133 cm³/mol. The highest BCUT2D eigenvalue weighted by Crippen LogP contribution is 2.42. The Bertz CT molecular complexity index is 1140. The summed E-state index contributed by atoms with van der Waals surface area (Å²) in [6.45, 7) is 5.94. The number of pyridine rings is 1. The van der Waals surface area contributed by atoms with E-state index in [9.17, 15) is 0 Å². The number of aromatic nitrogens is 2. The van der Waals surface area contributed by atoms with Gasteiger partial charge in [0, 0.05) is 42.5 Å². The highest BCUT2D eigenvalue weighted by Gasteiger charge is 2.42. The lowest BCUT2D eigenvalue weighted by atomic mass is 9.96. The Hall–Kier alpha value is -2.90. The molecule has 0 spiro atoms. The van der Waals surface area contributed by atoms with Crippen molar-refractivity contribution in [1.29, 1.82) is 0 Å². The lowest BCUT2D eigenvalue weighted by molar-refractivity contribution is 0.0842. The van der Waals surface area contributed by atoms with Crippen LogP contribution in [0.1, 0.15) is 47.6 Å². The van der Waals surface area contributed by atoms with Gasteiger partial charge in [0.2, 0.25) is 0 Å². The van der Waals surface area contributed by atoms with Gasteiger partial charge in [-0.05, 0) is 74.8 Å². The average Bonchev–Trinajstić information content (AvgIpc) is 3.53. The Morgan fingerprint density at radius 2 is 2.06 bits per heavy atom. The lowest BCUT2D eigenvalue weighted by Crippen LogP contribution is -2.36. The van der Waals surface area contributed by atoms with Crippen LogP contribution in [0.3, 0.4) is 0 Å². The summed E-state index contributed by atoms with van der Waals surface area (Å²) in [5.74, 6) is 0.844. The number of benzene rings is 1. The molecule has 0 saturated carbocycles. The molecule has 5 rings (SSSR count). The first-order chi connectivity index (χ1) is 16.1. The van der Waals surface area contributed by atoms with Crippen molar-refractivity contribution in [2.75, 3.05) is 20.3 Å². The predicted octanol–water partition coefficient (Wildman–Crippen LogP) is 4.65. The van der Waals surface area contributed by atoms with Crippen molar-refractivity contribution >= 4 is 17.3 Å². The Balaban J connectivity index is 1.59. The molecule has 2 saturated heterocycles. The van der Waals surface area contributed by atoms with E-state index in [2.05, 4.69) is 57.9 Å². The zero-order valence-electron chi connectivity index (χ0n) is 19.3. The standard InChI is InChI=1S/C26H30N4O2S/c1-17-14-22(18(2)30(17)19-8-6-9-20(15-19)31-3)25-24(23-11-4-5-12-27-23)28-26(33)29(25)16-21-10-7-13-32-21/h4-6,8-9,11-12,14-15,21,24-25H,7,10,13,16H2,1-3H3,(H,28,33)/t21-,24-,25+/m0/s1. The van der Waals surface area contributed by atoms with E-state index in [0.29, 0.717) is 0 Å². The molecule has 1 aromatic carbocycles. The van der Waals surface area contributed by atoms with E-state index in [4.69, 9.17) is 21.7 Å². The molecule has 0 radical (unpaired) electrons. The van der Waals surface area contributed by atoms with E-state index in [1.165, 1.54) is 17.0 Å². The summed E-state index contributed by atoms with van der Waals surface area (Å²) in [5, 5.41) is 4.33. The van der Waals surface area contributed by atoms with Gasteiger partial charge in [-0.2, -0.15) is 0 Å². The second-order valence-corrected chi connectivity index (χ2v) is 9.16. The zero-order valence-corrected chi connectivity index (χ0v) is 20.1. The van der Waals surface area contributed by atoms with Crippen molar-refractivity contribution in [2.24, 2.45) is 0 Å². The van der Waals surface area contributed by atoms with E-state index >= 15 is 0 Å². The molecule has 0 unspecified atom stereocenters. The molecule has 3 aromatic rings. The summed E-state index contributed by atoms with van der Waals surface area (Å²) in [6, 6.07) is 16.5. The molecule has 0 aliphatic carbocycles. The van der Waals surface area contributed by atoms with Crippen LogP contribution in [0.4, 0.5) is 0 Å². The van der Waals surface area contributed by atoms with Gasteiger partial charge in [-0.25, -0.2) is 0 Å². The molecule has 0 bridgehead atoms. The van der Waals surface area contributed by atoms with Crippen molar-refractivity contribution in [3.63, 3.8) is 0 Å². The van der Waals surface area contributed by atoms with E-state index in [-0.39, 0.29) is 18.2 Å². The van der Waals surface area contributed by atoms with Crippen molar-refractivity contribution in [3.8, 4) is 11.4 Å². The first-order valence-electron chi connectivity index (χ1n) is 11.5. The van der Waals surface area contributed by atoms with Crippen LogP contribution in [0, 0.1) is 13.8 Å². The Labute approximate surface area is 200 Å². The van der Waals surface area contributed by atoms with Crippen molar-refractivity contribution < 1.29 is 9.47 Å². The first kappa shape index (κ1) is 21.9. The summed E-state index contributed by atoms with van der Waals surface area (Å²) in [7, 11) is 1.70. The summed E-state index contributed by atoms with van der Waals surface area (Å²) in [5.41, 5.74) is 5.69. The van der Waals surface area contributed by atoms with Crippen LogP contribution < -0.4 is 10.1 Å². The summed E-state index contributed by atoms with van der Waals surface area (Å²) < 4.78 is 13.7. The molecule has 1 N–H and O–H groups in total. The van der Waals surface area contributed by atoms with Gasteiger partial charge in [0.25, 0.3) is 0 Å². The topological polar surface area (TPSA) is 51.5 Å². The Kier molecular flexibility index (Phi) is 6.08. The maximum Gasteiger partial charge on any atom is 0.170 e. The number of hydrogen-bond acceptors (Lipinski definition) is 4. The summed E-state index contributed by atoms with van der Waals surface area (Å²) >= 11 is 5.85. The molecule has 172 valence electrons. The summed E-state index contributed by atoms with van der Waals surface area (Å²) in [6.07, 6.45) is 4.23. The van der Waals surface area contributed by atoms with Gasteiger partial charge in [-0.15, -0.1) is 0 Å². The van der Waals surface area contributed by atoms with Crippen LogP contribution in [0.15, 0.2) is 54.7 Å². The fraction of sp³-hybridized carbons (Fsp3) is 0.385. The number of nitrogens with one attached hydrogen (secondary N) is 1. The number of hydrogen-bond donors (Lipinski definition) is 1. The summed E-state index contributed by atoms with van der Waals surface area (Å²) in [4.78, 5) is 6.98. The number of methoxy groups -OCH3 is 1. The van der Waals surface area contributed by atoms with Gasteiger partial charge >= 0.3 is 0 Å². The minimum Gasteiger partial charge on any atom is -0.497 e. The molecule has 0 amide bonds. The SMILES string of the molecule is COc1cccc(-n2c(C)cc([C@@H]3[C@H](c4ccccn4)NC(=S)N3C[C@@H]3CCCO3)c2C)c1. The smallest absolute Gasteiger partial charge is 0.170 e. The van der Waals surface area contributed by atoms with Gasteiger partial charge < -0.3 is 24.3 Å². The molecule has 4 heterocycles. The third kappa shape index (κ3) is 4.11. The second-order valence-electron chi connectivity index (χ2n) is 8.78. The third-order valence-electron chi connectivity index (χ3n) is 6.72. The van der Waals surface area contributed by atoms with E-state index in [0.717, 1.165) is 48.2 Å². The molecule has 3 atom stereocenters. The molecule has 2 aliphatic rings. The van der Waals surface area contributed by atoms with Gasteiger partial charge in [0.1, 0.15) is 5.75 Å². The number of rotatable bonds is 6. The van der Waals surface area contributed by atoms with Crippen LogP contribution in [-0.4, -0.2) is 45.9 Å². The highest BCUT2D eigenvalue weighted by molar-refractivity contribution is 7.80. The second kappa shape index (κ2) is 9.15. The normalized spacial score (nSPS) is 22.6. The minimum atomic E-state index is -0.0284. The van der Waals surface area contributed by atoms with Crippen molar-refractivity contribution in [1.82, 2.24) is 19.8 Å². The van der Waals surface area contributed by atoms with Crippen LogP contribution in [0.2, 0.25) is 0 Å². The van der Waals surface area contributed by atoms with Crippen molar-refractivity contribution in [3.05, 3.63) is 77.4 Å². The molecule has 6 nitrogen and oxygen atoms in total. The molecule has 33 heavy (non-hydrogen) atoms. The van der Waals surface area contributed by atoms with Gasteiger partial charge in [0.05, 0.1) is 31.0 Å². The third-order valence-corrected chi connectivity index (χ3v) is 7.07. The molecule has 2 fully saturated rings. The van der Waals surface area contributed by atoms with Gasteiger partial charge in [-0.1, -0.05) is 12.1 Å². The van der Waals surface area contributed by atoms with Gasteiger partial charge in [-0.3, -0.25) is 4.98 Å². The van der Waals surface area contributed by atoms with Crippen LogP contribution in [-0.2, 0) is 4.74 Å². The molecule has 2 aromatic heterocycles. The maximum absolute atomic E-state index is 5.98. The lowest BCUT2D eigenvalue weighted by Gasteiger charge is -2.30. The minimum absolute atomic E-state index is 0.0284. The van der Waals surface area contributed by atoms with E-state index < -0.39 is 0 Å². The number of thiocarbonyl (C=S) groups is 1. The zero-order chi connectivity index (χ0) is 22.9. The number of nitrogens with zero attached hydrogens (tertiary/aromatic N) is 3. The quantitative estimate of drug-likeness (QED) is 0.538. The fourth-order valence-electron chi connectivity index (χ4n) is 5.18. The molecule has 2 aliphatic heterocycles. The van der Waals surface area contributed by atoms with E-state index in [1.807, 2.05) is 30.5 Å². The number of ether oxygens (including phenoxy) is 2. The van der Waals surface area contributed by atoms with Crippen LogP contribution in [0.5, 0.6) is 5.75 Å². The van der Waals surface area contributed by atoms with Crippen molar-refractivity contribution in [2.45, 2.75) is 44.9 Å². The van der Waals surface area contributed by atoms with Crippen LogP contribution >= 0.6 is 12.2 Å². The van der Waals surface area contributed by atoms with E-state index in [1.54, 1.807) is 7.11 Å². The first-order valence-corrected chi connectivity index (χ1v) is 11.9. The maximum atomic E-state index is 5.98. The highest BCUT2D eigenvalue weighted by atomic mass is 32.1. The molecular weight excluding hydrogens is 432 g/mol. The largest absolute Gasteiger partial charge is 0.497 e. The Morgan fingerprint density at radius 3 is 2.79 bits per heavy atom. The molecule has 7 heteroatoms. The van der Waals surface area contributed by atoms with Crippen LogP contribution in [0.25, 0.3) is 5.69 Å². The molecular formula is C26H30N4O2S.